The van der Waals surface area contributed by atoms with Crippen molar-refractivity contribution in [3.63, 3.8) is 0 Å². The molecule has 1 saturated heterocycles. The molecule has 0 spiro atoms. The number of carboxylic acids is 1. The van der Waals surface area contributed by atoms with Crippen LogP contribution in [0.5, 0.6) is 0 Å². The number of rotatable bonds is 1. The minimum Gasteiger partial charge on any atom is -0.481 e. The molecule has 1 fully saturated rings. The standard InChI is InChI=1S/C6H12O.C2H4O2/c1-2-6-4-3-5-7-6;1-2(3)4/h6H,2-5H2,1H3;1H3,(H,3,4). The van der Waals surface area contributed by atoms with Crippen molar-refractivity contribution in [1.82, 2.24) is 0 Å². The van der Waals surface area contributed by atoms with Gasteiger partial charge in [-0.15, -0.1) is 0 Å². The molecule has 1 heterocycles. The summed E-state index contributed by atoms with van der Waals surface area (Å²) in [6.45, 7) is 4.26. The van der Waals surface area contributed by atoms with Crippen molar-refractivity contribution >= 4 is 5.97 Å². The Labute approximate surface area is 67.4 Å². The lowest BCUT2D eigenvalue weighted by atomic mass is 10.2. The van der Waals surface area contributed by atoms with Crippen molar-refractivity contribution in [2.24, 2.45) is 0 Å². The quantitative estimate of drug-likeness (QED) is 0.634. The van der Waals surface area contributed by atoms with Crippen LogP contribution in [0, 0.1) is 0 Å². The summed E-state index contributed by atoms with van der Waals surface area (Å²) in [4.78, 5) is 9.00. The van der Waals surface area contributed by atoms with Crippen molar-refractivity contribution < 1.29 is 14.6 Å². The molecule has 0 aromatic rings. The van der Waals surface area contributed by atoms with E-state index in [-0.39, 0.29) is 0 Å². The molecule has 1 rings (SSSR count). The van der Waals surface area contributed by atoms with Crippen LogP contribution in [0.1, 0.15) is 33.1 Å². The molecule has 0 bridgehead atoms. The summed E-state index contributed by atoms with van der Waals surface area (Å²) >= 11 is 0. The predicted octanol–water partition coefficient (Wildman–Crippen LogP) is 1.67. The van der Waals surface area contributed by atoms with Gasteiger partial charge in [-0.1, -0.05) is 6.92 Å². The molecule has 0 saturated carbocycles. The van der Waals surface area contributed by atoms with Crippen LogP contribution in [0.3, 0.4) is 0 Å². The first-order valence-corrected chi connectivity index (χ1v) is 3.98. The summed E-state index contributed by atoms with van der Waals surface area (Å²) in [6.07, 6.45) is 4.36. The molecule has 3 heteroatoms. The molecule has 1 aliphatic rings. The zero-order valence-electron chi connectivity index (χ0n) is 7.17. The monoisotopic (exact) mass is 160 g/mol. The van der Waals surface area contributed by atoms with Crippen molar-refractivity contribution in [3.8, 4) is 0 Å². The van der Waals surface area contributed by atoms with Crippen molar-refractivity contribution in [2.75, 3.05) is 6.61 Å². The SMILES string of the molecule is CC(=O)O.CCC1CCCO1. The van der Waals surface area contributed by atoms with Crippen molar-refractivity contribution in [2.45, 2.75) is 39.2 Å². The highest BCUT2D eigenvalue weighted by molar-refractivity contribution is 5.62. The van der Waals surface area contributed by atoms with E-state index < -0.39 is 5.97 Å². The first-order valence-electron chi connectivity index (χ1n) is 3.98. The van der Waals surface area contributed by atoms with Gasteiger partial charge in [0.2, 0.25) is 0 Å². The van der Waals surface area contributed by atoms with E-state index in [0.717, 1.165) is 13.5 Å². The third-order valence-electron chi connectivity index (χ3n) is 1.48. The molecule has 0 amide bonds. The minimum absolute atomic E-state index is 0.597. The predicted molar refractivity (Wildman–Crippen MR) is 42.6 cm³/mol. The maximum absolute atomic E-state index is 9.00. The van der Waals surface area contributed by atoms with Crippen LogP contribution in [-0.2, 0) is 9.53 Å². The molecule has 0 radical (unpaired) electrons. The molecule has 66 valence electrons. The summed E-state index contributed by atoms with van der Waals surface area (Å²) in [5.74, 6) is -0.833. The van der Waals surface area contributed by atoms with Crippen LogP contribution < -0.4 is 0 Å². The summed E-state index contributed by atoms with van der Waals surface area (Å²) in [6, 6.07) is 0. The van der Waals surface area contributed by atoms with Crippen LogP contribution >= 0.6 is 0 Å². The van der Waals surface area contributed by atoms with E-state index in [1.54, 1.807) is 0 Å². The Morgan fingerprint density at radius 1 is 1.73 bits per heavy atom. The van der Waals surface area contributed by atoms with E-state index in [0.29, 0.717) is 6.10 Å². The maximum Gasteiger partial charge on any atom is 0.300 e. The Balaban J connectivity index is 0.000000218. The second-order valence-electron chi connectivity index (χ2n) is 2.56. The third-order valence-corrected chi connectivity index (χ3v) is 1.48. The van der Waals surface area contributed by atoms with Gasteiger partial charge >= 0.3 is 0 Å². The van der Waals surface area contributed by atoms with Gasteiger partial charge in [0.1, 0.15) is 0 Å². The fourth-order valence-corrected chi connectivity index (χ4v) is 0.966. The Hall–Kier alpha value is -0.570. The van der Waals surface area contributed by atoms with Crippen LogP contribution in [0.25, 0.3) is 0 Å². The van der Waals surface area contributed by atoms with E-state index in [9.17, 15) is 0 Å². The molecule has 0 aromatic heterocycles. The molecule has 0 aromatic carbocycles. The van der Waals surface area contributed by atoms with Gasteiger partial charge in [-0.2, -0.15) is 0 Å². The van der Waals surface area contributed by atoms with Gasteiger partial charge in [0.05, 0.1) is 6.10 Å². The van der Waals surface area contributed by atoms with Crippen LogP contribution in [-0.4, -0.2) is 23.8 Å². The molecular formula is C8H16O3. The number of carboxylic acid groups (broad SMARTS) is 1. The number of hydrogen-bond acceptors (Lipinski definition) is 2. The molecule has 1 unspecified atom stereocenters. The smallest absolute Gasteiger partial charge is 0.300 e. The lowest BCUT2D eigenvalue weighted by Crippen LogP contribution is -2.00. The highest BCUT2D eigenvalue weighted by atomic mass is 16.5. The van der Waals surface area contributed by atoms with Crippen molar-refractivity contribution in [1.29, 1.82) is 0 Å². The third kappa shape index (κ3) is 7.33. The average molecular weight is 160 g/mol. The van der Waals surface area contributed by atoms with Gasteiger partial charge in [-0.05, 0) is 19.3 Å². The lowest BCUT2D eigenvalue weighted by molar-refractivity contribution is -0.134. The fourth-order valence-electron chi connectivity index (χ4n) is 0.966. The van der Waals surface area contributed by atoms with E-state index in [4.69, 9.17) is 14.6 Å². The number of carbonyl (C=O) groups is 1. The van der Waals surface area contributed by atoms with E-state index in [1.165, 1.54) is 19.3 Å². The number of ether oxygens (including phenoxy) is 1. The number of aliphatic carboxylic acids is 1. The zero-order valence-corrected chi connectivity index (χ0v) is 7.17. The molecule has 1 N–H and O–H groups in total. The van der Waals surface area contributed by atoms with E-state index >= 15 is 0 Å². The highest BCUT2D eigenvalue weighted by Gasteiger charge is 2.11. The Bertz CT molecular complexity index is 102. The maximum atomic E-state index is 9.00. The van der Waals surface area contributed by atoms with E-state index in [2.05, 4.69) is 6.92 Å². The second kappa shape index (κ2) is 6.16. The van der Waals surface area contributed by atoms with Crippen LogP contribution in [0.2, 0.25) is 0 Å². The lowest BCUT2D eigenvalue weighted by Gasteiger charge is -2.01. The zero-order chi connectivity index (χ0) is 8.69. The van der Waals surface area contributed by atoms with Gasteiger partial charge in [0.25, 0.3) is 5.97 Å². The molecule has 0 aliphatic carbocycles. The molecule has 3 nitrogen and oxygen atoms in total. The minimum atomic E-state index is -0.833. The summed E-state index contributed by atoms with van der Waals surface area (Å²) < 4.78 is 5.30. The molecule has 1 atom stereocenters. The Morgan fingerprint density at radius 2 is 2.27 bits per heavy atom. The largest absolute Gasteiger partial charge is 0.481 e. The van der Waals surface area contributed by atoms with Gasteiger partial charge in [-0.25, -0.2) is 0 Å². The fraction of sp³-hybridized carbons (Fsp3) is 0.875. The van der Waals surface area contributed by atoms with Crippen LogP contribution in [0.4, 0.5) is 0 Å². The second-order valence-corrected chi connectivity index (χ2v) is 2.56. The normalized spacial score (nSPS) is 22.2. The Kier molecular flexibility index (Phi) is 5.84. The van der Waals surface area contributed by atoms with Gasteiger partial charge in [-0.3, -0.25) is 4.79 Å². The first kappa shape index (κ1) is 10.4. The average Bonchev–Trinajstić information content (AvgIpc) is 2.36. The summed E-state index contributed by atoms with van der Waals surface area (Å²) in [5.41, 5.74) is 0. The summed E-state index contributed by atoms with van der Waals surface area (Å²) in [5, 5.41) is 7.42. The highest BCUT2D eigenvalue weighted by Crippen LogP contribution is 2.13. The molecular weight excluding hydrogens is 144 g/mol. The number of hydrogen-bond donors (Lipinski definition) is 1. The summed E-state index contributed by atoms with van der Waals surface area (Å²) in [7, 11) is 0. The van der Waals surface area contributed by atoms with Gasteiger partial charge in [0.15, 0.2) is 0 Å². The molecule has 1 aliphatic heterocycles. The van der Waals surface area contributed by atoms with E-state index in [1.807, 2.05) is 0 Å². The molecule has 11 heavy (non-hydrogen) atoms. The topological polar surface area (TPSA) is 46.5 Å². The van der Waals surface area contributed by atoms with Gasteiger partial charge in [0, 0.05) is 13.5 Å². The van der Waals surface area contributed by atoms with Gasteiger partial charge < -0.3 is 9.84 Å². The van der Waals surface area contributed by atoms with Crippen molar-refractivity contribution in [3.05, 3.63) is 0 Å². The Morgan fingerprint density at radius 3 is 2.45 bits per heavy atom. The first-order chi connectivity index (χ1) is 5.16. The van der Waals surface area contributed by atoms with Crippen LogP contribution in [0.15, 0.2) is 0 Å².